The summed E-state index contributed by atoms with van der Waals surface area (Å²) in [6, 6.07) is 6.97. The van der Waals surface area contributed by atoms with E-state index in [1.807, 2.05) is 6.07 Å². The van der Waals surface area contributed by atoms with Gasteiger partial charge in [-0.25, -0.2) is 22.9 Å². The van der Waals surface area contributed by atoms with Crippen molar-refractivity contribution < 1.29 is 13.5 Å². The molecular weight excluding hydrogens is 446 g/mol. The molecule has 34 heavy (non-hydrogen) atoms. The van der Waals surface area contributed by atoms with E-state index in [0.29, 0.717) is 18.5 Å². The van der Waals surface area contributed by atoms with Gasteiger partial charge in [0.05, 0.1) is 19.3 Å². The number of alkyl halides is 1. The SMILES string of the molecule is Cc1nn2c(=O)n(C[C@H](F)CN3C4CC(OCc5cccc(F)c5)CC45CC35)c(=O)nc2n1C. The first-order valence-corrected chi connectivity index (χ1v) is 11.6. The minimum atomic E-state index is -1.39. The zero-order valence-corrected chi connectivity index (χ0v) is 19.0. The van der Waals surface area contributed by atoms with E-state index in [4.69, 9.17) is 4.74 Å². The molecule has 4 unspecified atom stereocenters. The predicted octanol–water partition coefficient (Wildman–Crippen LogP) is 1.20. The van der Waals surface area contributed by atoms with E-state index in [-0.39, 0.29) is 42.2 Å². The number of nitrogens with zero attached hydrogens (tertiary/aromatic N) is 6. The molecule has 9 nitrogen and oxygen atoms in total. The number of hydrogen-bond acceptors (Lipinski definition) is 6. The summed E-state index contributed by atoms with van der Waals surface area (Å²) < 4.78 is 37.9. The van der Waals surface area contributed by atoms with E-state index in [2.05, 4.69) is 15.0 Å². The van der Waals surface area contributed by atoms with Crippen LogP contribution in [0.5, 0.6) is 0 Å². The van der Waals surface area contributed by atoms with Crippen molar-refractivity contribution in [3.63, 3.8) is 0 Å². The van der Waals surface area contributed by atoms with Gasteiger partial charge in [0.15, 0.2) is 0 Å². The molecule has 3 heterocycles. The predicted molar refractivity (Wildman–Crippen MR) is 118 cm³/mol. The normalized spacial score (nSPS) is 28.5. The lowest BCUT2D eigenvalue weighted by molar-refractivity contribution is 0.00978. The number of fused-ring (bicyclic) bond motifs is 1. The average molecular weight is 472 g/mol. The van der Waals surface area contributed by atoms with Gasteiger partial charge >= 0.3 is 11.4 Å². The summed E-state index contributed by atoms with van der Waals surface area (Å²) in [6.45, 7) is 1.86. The van der Waals surface area contributed by atoms with Crippen LogP contribution in [0, 0.1) is 18.2 Å². The van der Waals surface area contributed by atoms with Crippen LogP contribution < -0.4 is 11.4 Å². The standard InChI is InChI=1S/C23H26F2N6O3/c1-13-27-31-20(28(13)2)26-21(32)30(22(31)33)11-16(25)10-29-18-7-17(8-23(18)9-19(23)29)34-12-14-4-3-5-15(24)6-14/h3-6,16-19H,7-12H2,1-2H3/t16-,17?,18?,19?,23?/m1/s1. The lowest BCUT2D eigenvalue weighted by Crippen LogP contribution is -2.56. The van der Waals surface area contributed by atoms with E-state index in [9.17, 15) is 14.0 Å². The molecule has 0 radical (unpaired) electrons. The maximum absolute atomic E-state index is 15.1. The first-order valence-electron chi connectivity index (χ1n) is 11.6. The van der Waals surface area contributed by atoms with Crippen LogP contribution >= 0.6 is 0 Å². The van der Waals surface area contributed by atoms with Crippen molar-refractivity contribution in [2.75, 3.05) is 6.54 Å². The Labute approximate surface area is 193 Å². The highest BCUT2D eigenvalue weighted by Crippen LogP contribution is 2.70. The number of ether oxygens (including phenoxy) is 1. The molecule has 3 aliphatic rings. The summed E-state index contributed by atoms with van der Waals surface area (Å²) in [5.74, 6) is 0.388. The Hall–Kier alpha value is -2.92. The number of benzene rings is 1. The molecule has 5 atom stereocenters. The Bertz CT molecular complexity index is 1400. The Kier molecular flexibility index (Phi) is 4.79. The highest BCUT2D eigenvalue weighted by atomic mass is 19.1. The van der Waals surface area contributed by atoms with Crippen molar-refractivity contribution in [3.8, 4) is 0 Å². The Morgan fingerprint density at radius 2 is 2.06 bits per heavy atom. The van der Waals surface area contributed by atoms with Gasteiger partial charge in [-0.2, -0.15) is 4.98 Å². The van der Waals surface area contributed by atoms with Crippen molar-refractivity contribution >= 4 is 5.78 Å². The molecule has 2 aromatic heterocycles. The van der Waals surface area contributed by atoms with Crippen molar-refractivity contribution in [2.24, 2.45) is 12.5 Å². The molecule has 1 aromatic carbocycles. The van der Waals surface area contributed by atoms with Crippen LogP contribution in [0.2, 0.25) is 0 Å². The number of aryl methyl sites for hydroxylation is 2. The average Bonchev–Trinajstić information content (AvgIpc) is 3.19. The zero-order chi connectivity index (χ0) is 23.8. The molecule has 11 heteroatoms. The molecule has 6 rings (SSSR count). The summed E-state index contributed by atoms with van der Waals surface area (Å²) in [5, 5.41) is 4.10. The molecule has 0 bridgehead atoms. The Morgan fingerprint density at radius 3 is 2.85 bits per heavy atom. The monoisotopic (exact) mass is 472 g/mol. The van der Waals surface area contributed by atoms with E-state index >= 15 is 4.39 Å². The Morgan fingerprint density at radius 1 is 1.24 bits per heavy atom. The molecule has 2 aliphatic carbocycles. The number of halogens is 2. The van der Waals surface area contributed by atoms with E-state index in [1.165, 1.54) is 12.1 Å². The van der Waals surface area contributed by atoms with Gasteiger partial charge in [-0.15, -0.1) is 9.61 Å². The maximum atomic E-state index is 15.1. The molecule has 0 N–H and O–H groups in total. The van der Waals surface area contributed by atoms with Crippen molar-refractivity contribution in [1.29, 1.82) is 0 Å². The highest BCUT2D eigenvalue weighted by Gasteiger charge is 2.75. The second kappa shape index (κ2) is 7.54. The van der Waals surface area contributed by atoms with Crippen LogP contribution in [0.1, 0.15) is 30.7 Å². The molecule has 2 saturated carbocycles. The van der Waals surface area contributed by atoms with Crippen LogP contribution in [-0.4, -0.2) is 59.5 Å². The number of aromatic nitrogens is 5. The summed E-state index contributed by atoms with van der Waals surface area (Å²) in [6.07, 6.45) is 1.44. The maximum Gasteiger partial charge on any atom is 0.356 e. The van der Waals surface area contributed by atoms with E-state index < -0.39 is 17.6 Å². The van der Waals surface area contributed by atoms with Gasteiger partial charge in [-0.1, -0.05) is 12.1 Å². The number of likely N-dealkylation sites (tertiary alicyclic amines) is 1. The van der Waals surface area contributed by atoms with Gasteiger partial charge < -0.3 is 4.74 Å². The van der Waals surface area contributed by atoms with E-state index in [1.54, 1.807) is 24.6 Å². The third-order valence-corrected chi connectivity index (χ3v) is 7.86. The lowest BCUT2D eigenvalue weighted by atomic mass is 9.89. The molecule has 1 spiro atoms. The molecule has 180 valence electrons. The largest absolute Gasteiger partial charge is 0.373 e. The molecule has 3 fully saturated rings. The summed E-state index contributed by atoms with van der Waals surface area (Å²) in [7, 11) is 1.66. The van der Waals surface area contributed by atoms with Gasteiger partial charge in [0.25, 0.3) is 0 Å². The first-order chi connectivity index (χ1) is 16.3. The van der Waals surface area contributed by atoms with Crippen LogP contribution in [0.4, 0.5) is 8.78 Å². The van der Waals surface area contributed by atoms with Crippen LogP contribution in [-0.2, 0) is 24.9 Å². The second-order valence-electron chi connectivity index (χ2n) is 9.87. The topological polar surface area (TPSA) is 86.7 Å². The smallest absolute Gasteiger partial charge is 0.356 e. The fourth-order valence-electron chi connectivity index (χ4n) is 6.05. The fourth-order valence-corrected chi connectivity index (χ4v) is 6.05. The van der Waals surface area contributed by atoms with Crippen LogP contribution in [0.3, 0.4) is 0 Å². The van der Waals surface area contributed by atoms with Crippen molar-refractivity contribution in [2.45, 2.75) is 63.7 Å². The van der Waals surface area contributed by atoms with Gasteiger partial charge in [0, 0.05) is 31.1 Å². The summed E-state index contributed by atoms with van der Waals surface area (Å²) >= 11 is 0. The molecule has 0 amide bonds. The Balaban J connectivity index is 1.10. The minimum absolute atomic E-state index is 0.0626. The lowest BCUT2D eigenvalue weighted by Gasteiger charge is -2.44. The molecular formula is C23H26F2N6O3. The minimum Gasteiger partial charge on any atom is -0.373 e. The third-order valence-electron chi connectivity index (χ3n) is 7.86. The quantitative estimate of drug-likeness (QED) is 0.514. The van der Waals surface area contributed by atoms with E-state index in [0.717, 1.165) is 33.9 Å². The van der Waals surface area contributed by atoms with Gasteiger partial charge in [-0.05, 0) is 43.9 Å². The van der Waals surface area contributed by atoms with Crippen LogP contribution in [0.15, 0.2) is 33.9 Å². The molecule has 3 aromatic rings. The van der Waals surface area contributed by atoms with Gasteiger partial charge in [-0.3, -0.25) is 9.47 Å². The second-order valence-corrected chi connectivity index (χ2v) is 9.87. The molecule has 1 aliphatic heterocycles. The zero-order valence-electron chi connectivity index (χ0n) is 19.0. The third kappa shape index (κ3) is 3.24. The number of rotatable bonds is 7. The summed E-state index contributed by atoms with van der Waals surface area (Å²) in [4.78, 5) is 31.2. The van der Waals surface area contributed by atoms with Crippen molar-refractivity contribution in [3.05, 3.63) is 62.4 Å². The first kappa shape index (κ1) is 21.6. The molecule has 1 saturated heterocycles. The van der Waals surface area contributed by atoms with Gasteiger partial charge in [0.2, 0.25) is 5.78 Å². The van der Waals surface area contributed by atoms with Gasteiger partial charge in [0.1, 0.15) is 17.8 Å². The number of hydrogen-bond donors (Lipinski definition) is 0. The van der Waals surface area contributed by atoms with Crippen molar-refractivity contribution in [1.82, 2.24) is 28.6 Å². The van der Waals surface area contributed by atoms with Crippen LogP contribution in [0.25, 0.3) is 5.78 Å². The summed E-state index contributed by atoms with van der Waals surface area (Å²) in [5.41, 5.74) is -0.450. The fraction of sp³-hybridized carbons (Fsp3) is 0.565. The highest BCUT2D eigenvalue weighted by molar-refractivity contribution is 5.29.